The van der Waals surface area contributed by atoms with Crippen molar-refractivity contribution >= 4 is 17.0 Å². The van der Waals surface area contributed by atoms with Crippen molar-refractivity contribution in [2.45, 2.75) is 25.7 Å². The first kappa shape index (κ1) is 13.3. The molecular formula is C14H12F3NOS. The van der Waals surface area contributed by atoms with Crippen molar-refractivity contribution in [3.05, 3.63) is 45.6 Å². The second kappa shape index (κ2) is 4.70. The molecule has 1 atom stereocenters. The van der Waals surface area contributed by atoms with Gasteiger partial charge < -0.3 is 10.1 Å². The van der Waals surface area contributed by atoms with E-state index in [0.717, 1.165) is 11.3 Å². The molecule has 20 heavy (non-hydrogen) atoms. The van der Waals surface area contributed by atoms with Gasteiger partial charge in [-0.3, -0.25) is 0 Å². The summed E-state index contributed by atoms with van der Waals surface area (Å²) in [6, 6.07) is 8.65. The van der Waals surface area contributed by atoms with Crippen LogP contribution in [0.25, 0.3) is 0 Å². The predicted molar refractivity (Wildman–Crippen MR) is 72.2 cm³/mol. The molecule has 0 saturated carbocycles. The molecular weight excluding hydrogens is 287 g/mol. The number of benzene rings is 1. The smallest absolute Gasteiger partial charge is 0.406 e. The summed E-state index contributed by atoms with van der Waals surface area (Å²) < 4.78 is 40.6. The Morgan fingerprint density at radius 3 is 2.70 bits per heavy atom. The first-order chi connectivity index (χ1) is 9.40. The third-order valence-corrected chi connectivity index (χ3v) is 4.28. The van der Waals surface area contributed by atoms with Crippen molar-refractivity contribution in [3.63, 3.8) is 0 Å². The average Bonchev–Trinajstić information content (AvgIpc) is 2.92. The van der Waals surface area contributed by atoms with Gasteiger partial charge in [0.2, 0.25) is 0 Å². The number of aryl methyl sites for hydroxylation is 1. The highest BCUT2D eigenvalue weighted by Crippen LogP contribution is 2.39. The molecule has 0 aliphatic carbocycles. The van der Waals surface area contributed by atoms with Gasteiger partial charge in [-0.05, 0) is 49.2 Å². The monoisotopic (exact) mass is 299 g/mol. The molecule has 0 radical (unpaired) electrons. The van der Waals surface area contributed by atoms with E-state index in [-0.39, 0.29) is 11.8 Å². The van der Waals surface area contributed by atoms with Crippen LogP contribution >= 0.6 is 11.3 Å². The zero-order valence-electron chi connectivity index (χ0n) is 10.6. The SMILES string of the molecule is Cc1ccc(C2Cc3cc(OC(F)(F)F)ccc3N2)s1. The number of halogens is 3. The second-order valence-corrected chi connectivity index (χ2v) is 6.04. The number of hydrogen-bond acceptors (Lipinski definition) is 3. The van der Waals surface area contributed by atoms with Crippen LogP contribution in [0.5, 0.6) is 5.75 Å². The van der Waals surface area contributed by atoms with Crippen LogP contribution in [-0.2, 0) is 6.42 Å². The molecule has 0 spiro atoms. The molecule has 1 unspecified atom stereocenters. The van der Waals surface area contributed by atoms with Gasteiger partial charge in [0.05, 0.1) is 6.04 Å². The van der Waals surface area contributed by atoms with Gasteiger partial charge in [-0.25, -0.2) is 0 Å². The minimum Gasteiger partial charge on any atom is -0.406 e. The topological polar surface area (TPSA) is 21.3 Å². The van der Waals surface area contributed by atoms with E-state index in [0.29, 0.717) is 6.42 Å². The quantitative estimate of drug-likeness (QED) is 0.870. The Morgan fingerprint density at radius 2 is 2.05 bits per heavy atom. The molecule has 1 aromatic heterocycles. The third-order valence-electron chi connectivity index (χ3n) is 3.17. The highest BCUT2D eigenvalue weighted by atomic mass is 32.1. The zero-order valence-corrected chi connectivity index (χ0v) is 11.4. The summed E-state index contributed by atoms with van der Waals surface area (Å²) in [5, 5.41) is 3.33. The molecule has 3 rings (SSSR count). The van der Waals surface area contributed by atoms with Crippen molar-refractivity contribution in [2.24, 2.45) is 0 Å². The van der Waals surface area contributed by atoms with Crippen LogP contribution in [0.4, 0.5) is 18.9 Å². The van der Waals surface area contributed by atoms with E-state index in [4.69, 9.17) is 0 Å². The van der Waals surface area contributed by atoms with Gasteiger partial charge in [0.1, 0.15) is 5.75 Å². The first-order valence-corrected chi connectivity index (χ1v) is 6.94. The van der Waals surface area contributed by atoms with Crippen molar-refractivity contribution in [1.82, 2.24) is 0 Å². The number of ether oxygens (including phenoxy) is 1. The number of anilines is 1. The number of nitrogens with one attached hydrogen (secondary N) is 1. The van der Waals surface area contributed by atoms with Crippen LogP contribution in [0, 0.1) is 6.92 Å². The minimum absolute atomic E-state index is 0.129. The van der Waals surface area contributed by atoms with Gasteiger partial charge in [-0.1, -0.05) is 0 Å². The van der Waals surface area contributed by atoms with E-state index in [2.05, 4.69) is 16.1 Å². The van der Waals surface area contributed by atoms with Crippen LogP contribution in [0.2, 0.25) is 0 Å². The summed E-state index contributed by atoms with van der Waals surface area (Å²) in [5.74, 6) is -0.166. The fourth-order valence-corrected chi connectivity index (χ4v) is 3.28. The lowest BCUT2D eigenvalue weighted by atomic mass is 10.1. The summed E-state index contributed by atoms with van der Waals surface area (Å²) in [6.07, 6.45) is -3.98. The highest BCUT2D eigenvalue weighted by molar-refractivity contribution is 7.12. The second-order valence-electron chi connectivity index (χ2n) is 4.72. The van der Waals surface area contributed by atoms with Gasteiger partial charge in [0.25, 0.3) is 0 Å². The van der Waals surface area contributed by atoms with Gasteiger partial charge in [-0.2, -0.15) is 0 Å². The largest absolute Gasteiger partial charge is 0.573 e. The number of hydrogen-bond donors (Lipinski definition) is 1. The van der Waals surface area contributed by atoms with E-state index in [1.807, 2.05) is 13.0 Å². The molecule has 1 N–H and O–H groups in total. The van der Waals surface area contributed by atoms with Crippen LogP contribution in [0.1, 0.15) is 21.4 Å². The summed E-state index contributed by atoms with van der Waals surface area (Å²) in [6.45, 7) is 2.03. The predicted octanol–water partition coefficient (Wildman–Crippen LogP) is 4.66. The van der Waals surface area contributed by atoms with Gasteiger partial charge in [0.15, 0.2) is 0 Å². The Kier molecular flexibility index (Phi) is 3.12. The highest BCUT2D eigenvalue weighted by Gasteiger charge is 2.32. The first-order valence-electron chi connectivity index (χ1n) is 6.12. The van der Waals surface area contributed by atoms with Gasteiger partial charge in [0, 0.05) is 15.4 Å². The maximum atomic E-state index is 12.2. The maximum absolute atomic E-state index is 12.2. The lowest BCUT2D eigenvalue weighted by molar-refractivity contribution is -0.274. The van der Waals surface area contributed by atoms with Crippen LogP contribution in [-0.4, -0.2) is 6.36 Å². The molecule has 0 saturated heterocycles. The van der Waals surface area contributed by atoms with Crippen molar-refractivity contribution in [3.8, 4) is 5.75 Å². The van der Waals surface area contributed by atoms with Crippen LogP contribution < -0.4 is 10.1 Å². The van der Waals surface area contributed by atoms with E-state index < -0.39 is 6.36 Å². The third kappa shape index (κ3) is 2.75. The number of rotatable bonds is 2. The Balaban J connectivity index is 1.80. The molecule has 0 bridgehead atoms. The summed E-state index contributed by atoms with van der Waals surface area (Å²) >= 11 is 1.70. The molecule has 0 fully saturated rings. The van der Waals surface area contributed by atoms with Crippen LogP contribution in [0.3, 0.4) is 0 Å². The summed E-state index contributed by atoms with van der Waals surface area (Å²) in [4.78, 5) is 2.41. The average molecular weight is 299 g/mol. The van der Waals surface area contributed by atoms with Gasteiger partial charge >= 0.3 is 6.36 Å². The van der Waals surface area contributed by atoms with Crippen molar-refractivity contribution < 1.29 is 17.9 Å². The van der Waals surface area contributed by atoms with Crippen molar-refractivity contribution in [2.75, 3.05) is 5.32 Å². The minimum atomic E-state index is -4.65. The van der Waals surface area contributed by atoms with E-state index in [9.17, 15) is 13.2 Å². The van der Waals surface area contributed by atoms with Gasteiger partial charge in [-0.15, -0.1) is 24.5 Å². The number of thiophene rings is 1. The summed E-state index contributed by atoms with van der Waals surface area (Å²) in [7, 11) is 0. The Morgan fingerprint density at radius 1 is 1.25 bits per heavy atom. The lowest BCUT2D eigenvalue weighted by Gasteiger charge is -2.09. The maximum Gasteiger partial charge on any atom is 0.573 e. The molecule has 6 heteroatoms. The van der Waals surface area contributed by atoms with E-state index in [1.165, 1.54) is 21.9 Å². The summed E-state index contributed by atoms with van der Waals surface area (Å²) in [5.41, 5.74) is 1.72. The zero-order chi connectivity index (χ0) is 14.3. The molecule has 1 aromatic carbocycles. The Bertz CT molecular complexity index is 636. The lowest BCUT2D eigenvalue weighted by Crippen LogP contribution is -2.17. The molecule has 106 valence electrons. The Hall–Kier alpha value is -1.69. The van der Waals surface area contributed by atoms with E-state index >= 15 is 0 Å². The molecule has 2 aromatic rings. The number of fused-ring (bicyclic) bond motifs is 1. The fourth-order valence-electron chi connectivity index (χ4n) is 2.35. The Labute approximate surface area is 118 Å². The molecule has 1 aliphatic rings. The fraction of sp³-hybridized carbons (Fsp3) is 0.286. The molecule has 2 nitrogen and oxygen atoms in total. The molecule has 0 amide bonds. The molecule has 2 heterocycles. The standard InChI is InChI=1S/C14H12F3NOS/c1-8-2-5-13(20-8)12-7-9-6-10(19-14(15,16)17)3-4-11(9)18-12/h2-6,12,18H,7H2,1H3. The normalized spacial score (nSPS) is 17.7. The molecule has 1 aliphatic heterocycles. The van der Waals surface area contributed by atoms with E-state index in [1.54, 1.807) is 17.4 Å². The van der Waals surface area contributed by atoms with Crippen molar-refractivity contribution in [1.29, 1.82) is 0 Å². The number of alkyl halides is 3. The van der Waals surface area contributed by atoms with Crippen LogP contribution in [0.15, 0.2) is 30.3 Å².